The summed E-state index contributed by atoms with van der Waals surface area (Å²) in [5, 5.41) is 2.06. The number of hydrogen-bond acceptors (Lipinski definition) is 4. The third kappa shape index (κ3) is 4.10. The Bertz CT molecular complexity index is 951. The van der Waals surface area contributed by atoms with Gasteiger partial charge in [-0.05, 0) is 47.3 Å². The van der Waals surface area contributed by atoms with Crippen LogP contribution in [-0.4, -0.2) is 4.98 Å². The number of nitrogens with zero attached hydrogens (tertiary/aromatic N) is 1. The molecule has 0 aliphatic rings. The number of hydrogen-bond donors (Lipinski definition) is 0. The SMILES string of the molecule is c1ccc(Oc2cccc(COc3ccc(-c4cccs4)cn3)c2)cc1. The molecule has 0 unspecified atom stereocenters. The van der Waals surface area contributed by atoms with E-state index in [4.69, 9.17) is 9.47 Å². The first-order valence-corrected chi connectivity index (χ1v) is 9.19. The molecule has 0 aliphatic carbocycles. The Balaban J connectivity index is 1.39. The zero-order valence-corrected chi connectivity index (χ0v) is 14.9. The molecule has 0 radical (unpaired) electrons. The predicted octanol–water partition coefficient (Wildman–Crippen LogP) is 6.18. The van der Waals surface area contributed by atoms with Gasteiger partial charge in [0.25, 0.3) is 0 Å². The van der Waals surface area contributed by atoms with Gasteiger partial charge in [-0.1, -0.05) is 36.4 Å². The Morgan fingerprint density at radius 2 is 1.69 bits per heavy atom. The number of para-hydroxylation sites is 1. The average Bonchev–Trinajstić information content (AvgIpc) is 3.23. The van der Waals surface area contributed by atoms with Crippen LogP contribution in [0.1, 0.15) is 5.56 Å². The third-order valence-electron chi connectivity index (χ3n) is 3.81. The van der Waals surface area contributed by atoms with Gasteiger partial charge in [0, 0.05) is 22.7 Å². The van der Waals surface area contributed by atoms with Crippen molar-refractivity contribution in [3.05, 3.63) is 96.0 Å². The van der Waals surface area contributed by atoms with Gasteiger partial charge in [-0.2, -0.15) is 0 Å². The molecule has 128 valence electrons. The first-order valence-electron chi connectivity index (χ1n) is 8.31. The highest BCUT2D eigenvalue weighted by Crippen LogP contribution is 2.25. The zero-order valence-electron chi connectivity index (χ0n) is 14.0. The van der Waals surface area contributed by atoms with Crippen molar-refractivity contribution in [2.75, 3.05) is 0 Å². The molecule has 0 spiro atoms. The summed E-state index contributed by atoms with van der Waals surface area (Å²) in [6.45, 7) is 0.442. The Kier molecular flexibility index (Phi) is 4.94. The molecule has 0 amide bonds. The van der Waals surface area contributed by atoms with Crippen molar-refractivity contribution in [2.24, 2.45) is 0 Å². The van der Waals surface area contributed by atoms with Crippen LogP contribution in [-0.2, 0) is 6.61 Å². The van der Waals surface area contributed by atoms with E-state index in [1.807, 2.05) is 79.0 Å². The Morgan fingerprint density at radius 3 is 2.46 bits per heavy atom. The molecule has 2 heterocycles. The first kappa shape index (κ1) is 16.4. The zero-order chi connectivity index (χ0) is 17.6. The van der Waals surface area contributed by atoms with Crippen LogP contribution in [0, 0.1) is 0 Å². The van der Waals surface area contributed by atoms with Gasteiger partial charge in [0.15, 0.2) is 0 Å². The van der Waals surface area contributed by atoms with Crippen LogP contribution >= 0.6 is 11.3 Å². The van der Waals surface area contributed by atoms with Crippen molar-refractivity contribution in [2.45, 2.75) is 6.61 Å². The highest BCUT2D eigenvalue weighted by atomic mass is 32.1. The van der Waals surface area contributed by atoms with E-state index in [0.29, 0.717) is 12.5 Å². The quantitative estimate of drug-likeness (QED) is 0.412. The molecule has 3 nitrogen and oxygen atoms in total. The van der Waals surface area contributed by atoms with E-state index in [-0.39, 0.29) is 0 Å². The number of rotatable bonds is 6. The largest absolute Gasteiger partial charge is 0.473 e. The number of ether oxygens (including phenoxy) is 2. The molecule has 0 saturated carbocycles. The lowest BCUT2D eigenvalue weighted by molar-refractivity contribution is 0.293. The third-order valence-corrected chi connectivity index (χ3v) is 4.73. The smallest absolute Gasteiger partial charge is 0.213 e. The predicted molar refractivity (Wildman–Crippen MR) is 105 cm³/mol. The fourth-order valence-corrected chi connectivity index (χ4v) is 3.25. The maximum atomic E-state index is 5.86. The van der Waals surface area contributed by atoms with Crippen molar-refractivity contribution in [1.29, 1.82) is 0 Å². The van der Waals surface area contributed by atoms with E-state index < -0.39 is 0 Å². The number of aromatic nitrogens is 1. The number of pyridine rings is 1. The fraction of sp³-hybridized carbons (Fsp3) is 0.0455. The summed E-state index contributed by atoms with van der Waals surface area (Å²) in [5.41, 5.74) is 2.13. The summed E-state index contributed by atoms with van der Waals surface area (Å²) in [6.07, 6.45) is 1.84. The van der Waals surface area contributed by atoms with Crippen LogP contribution in [0.25, 0.3) is 10.4 Å². The molecule has 26 heavy (non-hydrogen) atoms. The van der Waals surface area contributed by atoms with Crippen LogP contribution in [0.3, 0.4) is 0 Å². The van der Waals surface area contributed by atoms with Gasteiger partial charge in [-0.25, -0.2) is 4.98 Å². The van der Waals surface area contributed by atoms with Gasteiger partial charge in [0.2, 0.25) is 5.88 Å². The summed E-state index contributed by atoms with van der Waals surface area (Å²) in [4.78, 5) is 5.60. The summed E-state index contributed by atoms with van der Waals surface area (Å²) in [7, 11) is 0. The van der Waals surface area contributed by atoms with Crippen LogP contribution in [0.2, 0.25) is 0 Å². The minimum Gasteiger partial charge on any atom is -0.473 e. The lowest BCUT2D eigenvalue weighted by Gasteiger charge is -2.09. The van der Waals surface area contributed by atoms with Gasteiger partial charge in [0.1, 0.15) is 18.1 Å². The molecule has 0 atom stereocenters. The molecule has 4 heteroatoms. The van der Waals surface area contributed by atoms with E-state index in [9.17, 15) is 0 Å². The van der Waals surface area contributed by atoms with Crippen LogP contribution in [0.4, 0.5) is 0 Å². The molecule has 0 N–H and O–H groups in total. The average molecular weight is 359 g/mol. The molecule has 0 bridgehead atoms. The van der Waals surface area contributed by atoms with E-state index in [1.165, 1.54) is 4.88 Å². The second kappa shape index (κ2) is 7.85. The number of thiophene rings is 1. The molecule has 2 aromatic carbocycles. The van der Waals surface area contributed by atoms with Crippen molar-refractivity contribution in [3.63, 3.8) is 0 Å². The fourth-order valence-electron chi connectivity index (χ4n) is 2.53. The maximum absolute atomic E-state index is 5.86. The van der Waals surface area contributed by atoms with Gasteiger partial charge >= 0.3 is 0 Å². The monoisotopic (exact) mass is 359 g/mol. The van der Waals surface area contributed by atoms with Crippen LogP contribution in [0.15, 0.2) is 90.4 Å². The summed E-state index contributed by atoms with van der Waals surface area (Å²) in [6, 6.07) is 25.7. The van der Waals surface area contributed by atoms with E-state index in [1.54, 1.807) is 11.3 Å². The standard InChI is InChI=1S/C22H17NO2S/c1-2-7-19(8-3-1)25-20-9-4-6-17(14-20)16-24-22-12-11-18(15-23-22)21-10-5-13-26-21/h1-15H,16H2. The maximum Gasteiger partial charge on any atom is 0.213 e. The van der Waals surface area contributed by atoms with Crippen LogP contribution < -0.4 is 9.47 Å². The van der Waals surface area contributed by atoms with Gasteiger partial charge < -0.3 is 9.47 Å². The molecule has 0 fully saturated rings. The normalized spacial score (nSPS) is 10.5. The summed E-state index contributed by atoms with van der Waals surface area (Å²) in [5.74, 6) is 2.22. The second-order valence-corrected chi connectivity index (χ2v) is 6.66. The molecular formula is C22H17NO2S. The Morgan fingerprint density at radius 1 is 0.808 bits per heavy atom. The molecule has 4 aromatic rings. The number of benzene rings is 2. The van der Waals surface area contributed by atoms with Gasteiger partial charge in [-0.15, -0.1) is 11.3 Å². The van der Waals surface area contributed by atoms with Crippen LogP contribution in [0.5, 0.6) is 17.4 Å². The minimum atomic E-state index is 0.442. The molecule has 2 aromatic heterocycles. The van der Waals surface area contributed by atoms with E-state index in [0.717, 1.165) is 22.6 Å². The van der Waals surface area contributed by atoms with Crippen molar-refractivity contribution < 1.29 is 9.47 Å². The minimum absolute atomic E-state index is 0.442. The van der Waals surface area contributed by atoms with E-state index >= 15 is 0 Å². The van der Waals surface area contributed by atoms with Crippen molar-refractivity contribution >= 4 is 11.3 Å². The lowest BCUT2D eigenvalue weighted by atomic mass is 10.2. The lowest BCUT2D eigenvalue weighted by Crippen LogP contribution is -1.97. The summed E-state index contributed by atoms with van der Waals surface area (Å²) >= 11 is 1.70. The topological polar surface area (TPSA) is 31.4 Å². The Labute approximate surface area is 156 Å². The van der Waals surface area contributed by atoms with Crippen molar-refractivity contribution in [3.8, 4) is 27.8 Å². The molecule has 0 saturated heterocycles. The highest BCUT2D eigenvalue weighted by molar-refractivity contribution is 7.13. The highest BCUT2D eigenvalue weighted by Gasteiger charge is 2.03. The summed E-state index contributed by atoms with van der Waals surface area (Å²) < 4.78 is 11.7. The van der Waals surface area contributed by atoms with E-state index in [2.05, 4.69) is 16.4 Å². The molecular weight excluding hydrogens is 342 g/mol. The Hall–Kier alpha value is -3.11. The first-order chi connectivity index (χ1) is 12.9. The van der Waals surface area contributed by atoms with Gasteiger partial charge in [0.05, 0.1) is 0 Å². The molecule has 0 aliphatic heterocycles. The van der Waals surface area contributed by atoms with Gasteiger partial charge in [-0.3, -0.25) is 0 Å². The second-order valence-electron chi connectivity index (χ2n) is 5.71. The van der Waals surface area contributed by atoms with Crippen molar-refractivity contribution in [1.82, 2.24) is 4.98 Å². The molecule has 4 rings (SSSR count).